The van der Waals surface area contributed by atoms with E-state index in [9.17, 15) is 4.79 Å². The van der Waals surface area contributed by atoms with Gasteiger partial charge in [-0.05, 0) is 26.2 Å². The van der Waals surface area contributed by atoms with Crippen molar-refractivity contribution in [3.8, 4) is 11.4 Å². The summed E-state index contributed by atoms with van der Waals surface area (Å²) in [5.74, 6) is 2.06. The molecule has 6 nitrogen and oxygen atoms in total. The molecule has 6 heteroatoms. The molecule has 3 atom stereocenters. The van der Waals surface area contributed by atoms with Crippen LogP contribution in [0.4, 0.5) is 0 Å². The minimum atomic E-state index is 0.00774. The van der Waals surface area contributed by atoms with Gasteiger partial charge in [-0.25, -0.2) is 4.98 Å². The maximum atomic E-state index is 12.8. The fourth-order valence-corrected chi connectivity index (χ4v) is 3.86. The first-order chi connectivity index (χ1) is 12.2. The Kier molecular flexibility index (Phi) is 4.53. The molecular weight excluding hydrogens is 316 g/mol. The molecule has 2 fully saturated rings. The monoisotopic (exact) mass is 340 g/mol. The lowest BCUT2D eigenvalue weighted by atomic mass is 9.94. The first kappa shape index (κ1) is 16.3. The Hall–Kier alpha value is -2.21. The molecule has 0 aliphatic carbocycles. The minimum absolute atomic E-state index is 0.00774. The largest absolute Gasteiger partial charge is 0.378 e. The smallest absolute Gasteiger partial charge is 0.228 e. The van der Waals surface area contributed by atoms with Crippen molar-refractivity contribution in [2.45, 2.75) is 38.2 Å². The Morgan fingerprint density at radius 2 is 2.12 bits per heavy atom. The number of amides is 1. The second-order valence-corrected chi connectivity index (χ2v) is 7.00. The lowest BCUT2D eigenvalue weighted by Crippen LogP contribution is -2.44. The van der Waals surface area contributed by atoms with Crippen molar-refractivity contribution in [2.75, 3.05) is 19.7 Å². The van der Waals surface area contributed by atoms with E-state index in [-0.39, 0.29) is 23.8 Å². The molecule has 3 heterocycles. The van der Waals surface area contributed by atoms with Gasteiger partial charge in [0.15, 0.2) is 5.82 Å². The highest BCUT2D eigenvalue weighted by molar-refractivity contribution is 5.79. The molecule has 2 aliphatic rings. The van der Waals surface area contributed by atoms with E-state index >= 15 is 0 Å². The van der Waals surface area contributed by atoms with Crippen LogP contribution in [0.5, 0.6) is 0 Å². The molecule has 0 unspecified atom stereocenters. The van der Waals surface area contributed by atoms with Crippen LogP contribution in [-0.2, 0) is 9.53 Å². The van der Waals surface area contributed by atoms with E-state index in [0.29, 0.717) is 13.2 Å². The molecule has 4 rings (SSSR count). The van der Waals surface area contributed by atoms with Crippen LogP contribution in [0.25, 0.3) is 11.4 Å². The lowest BCUT2D eigenvalue weighted by molar-refractivity contribution is -0.138. The van der Waals surface area contributed by atoms with E-state index in [1.807, 2.05) is 42.2 Å². The number of likely N-dealkylation sites (tertiary alicyclic amines) is 1. The summed E-state index contributed by atoms with van der Waals surface area (Å²) in [5.41, 5.74) is 1.01. The maximum absolute atomic E-state index is 12.8. The van der Waals surface area contributed by atoms with Crippen molar-refractivity contribution in [3.63, 3.8) is 0 Å². The SMILES string of the molecule is C[C@@H]1OCC[C@H]1C(=O)N1CCC[C@H](c2nc(-c3ccccc3)n[nH]2)C1. The van der Waals surface area contributed by atoms with Gasteiger partial charge in [0, 0.05) is 31.2 Å². The number of hydrogen-bond acceptors (Lipinski definition) is 4. The van der Waals surface area contributed by atoms with E-state index in [1.165, 1.54) is 0 Å². The number of benzene rings is 1. The van der Waals surface area contributed by atoms with Crippen molar-refractivity contribution >= 4 is 5.91 Å². The summed E-state index contributed by atoms with van der Waals surface area (Å²) in [4.78, 5) is 19.5. The van der Waals surface area contributed by atoms with E-state index in [0.717, 1.165) is 43.0 Å². The summed E-state index contributed by atoms with van der Waals surface area (Å²) in [6.07, 6.45) is 2.90. The number of piperidine rings is 1. The number of aromatic nitrogens is 3. The van der Waals surface area contributed by atoms with Crippen LogP contribution in [-0.4, -0.2) is 51.8 Å². The van der Waals surface area contributed by atoms with Crippen molar-refractivity contribution in [1.29, 1.82) is 0 Å². The zero-order valence-corrected chi connectivity index (χ0v) is 14.5. The topological polar surface area (TPSA) is 71.1 Å². The van der Waals surface area contributed by atoms with E-state index < -0.39 is 0 Å². The van der Waals surface area contributed by atoms with Gasteiger partial charge in [-0.15, -0.1) is 0 Å². The summed E-state index contributed by atoms with van der Waals surface area (Å²) in [7, 11) is 0. The van der Waals surface area contributed by atoms with Crippen molar-refractivity contribution < 1.29 is 9.53 Å². The highest BCUT2D eigenvalue weighted by atomic mass is 16.5. The van der Waals surface area contributed by atoms with Gasteiger partial charge in [-0.3, -0.25) is 9.89 Å². The Labute approximate surface area is 147 Å². The number of nitrogens with zero attached hydrogens (tertiary/aromatic N) is 3. The van der Waals surface area contributed by atoms with Gasteiger partial charge < -0.3 is 9.64 Å². The van der Waals surface area contributed by atoms with Crippen LogP contribution in [0.1, 0.15) is 37.9 Å². The Balaban J connectivity index is 1.46. The van der Waals surface area contributed by atoms with E-state index in [4.69, 9.17) is 4.74 Å². The summed E-state index contributed by atoms with van der Waals surface area (Å²) >= 11 is 0. The third-order valence-electron chi connectivity index (χ3n) is 5.35. The second-order valence-electron chi connectivity index (χ2n) is 7.00. The van der Waals surface area contributed by atoms with Gasteiger partial charge in [-0.2, -0.15) is 5.10 Å². The molecule has 1 aromatic heterocycles. The summed E-state index contributed by atoms with van der Waals surface area (Å²) in [6, 6.07) is 9.96. The zero-order valence-electron chi connectivity index (χ0n) is 14.5. The highest BCUT2D eigenvalue weighted by Gasteiger charge is 2.36. The Bertz CT molecular complexity index is 730. The van der Waals surface area contributed by atoms with Crippen LogP contribution in [0.15, 0.2) is 30.3 Å². The lowest BCUT2D eigenvalue weighted by Gasteiger charge is -2.33. The summed E-state index contributed by atoms with van der Waals surface area (Å²) < 4.78 is 5.57. The van der Waals surface area contributed by atoms with Gasteiger partial charge in [0.2, 0.25) is 5.91 Å². The quantitative estimate of drug-likeness (QED) is 0.932. The summed E-state index contributed by atoms with van der Waals surface area (Å²) in [5, 5.41) is 7.45. The molecule has 0 bridgehead atoms. The molecule has 0 saturated carbocycles. The Morgan fingerprint density at radius 3 is 2.88 bits per heavy atom. The molecule has 132 valence electrons. The molecule has 25 heavy (non-hydrogen) atoms. The molecule has 1 aromatic carbocycles. The number of hydrogen-bond donors (Lipinski definition) is 1. The minimum Gasteiger partial charge on any atom is -0.378 e. The van der Waals surface area contributed by atoms with Gasteiger partial charge in [-0.1, -0.05) is 30.3 Å². The molecule has 1 N–H and O–H groups in total. The number of nitrogens with one attached hydrogen (secondary N) is 1. The molecule has 2 aromatic rings. The van der Waals surface area contributed by atoms with Crippen molar-refractivity contribution in [3.05, 3.63) is 36.2 Å². The van der Waals surface area contributed by atoms with Crippen LogP contribution in [0, 0.1) is 5.92 Å². The van der Waals surface area contributed by atoms with E-state index in [2.05, 4.69) is 15.2 Å². The average molecular weight is 340 g/mol. The highest BCUT2D eigenvalue weighted by Crippen LogP contribution is 2.29. The second kappa shape index (κ2) is 6.96. The van der Waals surface area contributed by atoms with Gasteiger partial charge in [0.25, 0.3) is 0 Å². The predicted octanol–water partition coefficient (Wildman–Crippen LogP) is 2.60. The normalized spacial score (nSPS) is 26.8. The maximum Gasteiger partial charge on any atom is 0.228 e. The number of carbonyl (C=O) groups is 1. The summed E-state index contributed by atoms with van der Waals surface area (Å²) in [6.45, 7) is 4.24. The fraction of sp³-hybridized carbons (Fsp3) is 0.526. The number of aromatic amines is 1. The van der Waals surface area contributed by atoms with Crippen LogP contribution < -0.4 is 0 Å². The first-order valence-corrected chi connectivity index (χ1v) is 9.10. The third-order valence-corrected chi connectivity index (χ3v) is 5.35. The number of carbonyl (C=O) groups excluding carboxylic acids is 1. The zero-order chi connectivity index (χ0) is 17.2. The van der Waals surface area contributed by atoms with Gasteiger partial charge >= 0.3 is 0 Å². The van der Waals surface area contributed by atoms with Crippen molar-refractivity contribution in [2.24, 2.45) is 5.92 Å². The standard InChI is InChI=1S/C19H24N4O2/c1-13-16(9-11-25-13)19(24)23-10-5-8-15(12-23)18-20-17(21-22-18)14-6-3-2-4-7-14/h2-4,6-7,13,15-16H,5,8-12H2,1H3,(H,20,21,22)/t13-,15-,16+/m0/s1. The van der Waals surface area contributed by atoms with Gasteiger partial charge in [0.1, 0.15) is 5.82 Å². The van der Waals surface area contributed by atoms with Crippen LogP contribution in [0.3, 0.4) is 0 Å². The molecular formula is C19H24N4O2. The Morgan fingerprint density at radius 1 is 1.28 bits per heavy atom. The molecule has 1 amide bonds. The number of ether oxygens (including phenoxy) is 1. The average Bonchev–Trinajstić information content (AvgIpc) is 3.31. The molecule has 0 radical (unpaired) electrons. The molecule has 2 saturated heterocycles. The number of H-pyrrole nitrogens is 1. The van der Waals surface area contributed by atoms with E-state index in [1.54, 1.807) is 0 Å². The van der Waals surface area contributed by atoms with Crippen LogP contribution >= 0.6 is 0 Å². The first-order valence-electron chi connectivity index (χ1n) is 9.10. The molecule has 0 spiro atoms. The predicted molar refractivity (Wildman–Crippen MR) is 93.9 cm³/mol. The van der Waals surface area contributed by atoms with Crippen molar-refractivity contribution in [1.82, 2.24) is 20.1 Å². The molecule has 2 aliphatic heterocycles. The number of rotatable bonds is 3. The van der Waals surface area contributed by atoms with Crippen LogP contribution in [0.2, 0.25) is 0 Å². The third kappa shape index (κ3) is 3.31. The van der Waals surface area contributed by atoms with Gasteiger partial charge in [0.05, 0.1) is 12.0 Å². The fourth-order valence-electron chi connectivity index (χ4n) is 3.86.